The molecule has 0 spiro atoms. The molecule has 2 amide bonds. The third-order valence-electron chi connectivity index (χ3n) is 3.96. The van der Waals surface area contributed by atoms with Crippen LogP contribution in [0.4, 0.5) is 5.69 Å². The van der Waals surface area contributed by atoms with E-state index in [9.17, 15) is 9.59 Å². The molecule has 126 valence electrons. The van der Waals surface area contributed by atoms with Crippen molar-refractivity contribution in [3.05, 3.63) is 65.7 Å². The summed E-state index contributed by atoms with van der Waals surface area (Å²) >= 11 is 0. The molecule has 0 saturated carbocycles. The van der Waals surface area contributed by atoms with Gasteiger partial charge in [-0.1, -0.05) is 49.4 Å². The maximum absolute atomic E-state index is 12.6. The Balaban J connectivity index is 2.17. The van der Waals surface area contributed by atoms with Crippen LogP contribution in [0.5, 0.6) is 0 Å². The van der Waals surface area contributed by atoms with Crippen molar-refractivity contribution in [3.63, 3.8) is 0 Å². The molecular weight excluding hydrogens is 302 g/mol. The van der Waals surface area contributed by atoms with Crippen LogP contribution in [-0.4, -0.2) is 30.8 Å². The van der Waals surface area contributed by atoms with Crippen molar-refractivity contribution in [1.29, 1.82) is 0 Å². The Hall–Kier alpha value is -2.66. The Morgan fingerprint density at radius 3 is 2.21 bits per heavy atom. The second-order valence-corrected chi connectivity index (χ2v) is 5.96. The lowest BCUT2D eigenvalue weighted by atomic mass is 9.94. The van der Waals surface area contributed by atoms with Gasteiger partial charge in [0.25, 0.3) is 5.91 Å². The van der Waals surface area contributed by atoms with E-state index in [1.54, 1.807) is 45.3 Å². The third kappa shape index (κ3) is 4.00. The minimum Gasteiger partial charge on any atom is -0.345 e. The zero-order valence-electron chi connectivity index (χ0n) is 14.2. The molecule has 0 fully saturated rings. The first-order valence-corrected chi connectivity index (χ1v) is 7.84. The molecule has 0 aliphatic heterocycles. The number of carbonyl (C=O) groups excluding carboxylic acids is 2. The van der Waals surface area contributed by atoms with Gasteiger partial charge in [-0.2, -0.15) is 0 Å². The SMILES string of the molecule is CC(C(=O)Nc1ccccc1C(=O)N(C)C)C(N)c1ccccc1. The number of para-hydroxylation sites is 1. The lowest BCUT2D eigenvalue weighted by Crippen LogP contribution is -2.31. The molecular formula is C19H23N3O2. The van der Waals surface area contributed by atoms with Crippen LogP contribution in [0.25, 0.3) is 0 Å². The molecule has 5 nitrogen and oxygen atoms in total. The number of amides is 2. The van der Waals surface area contributed by atoms with Gasteiger partial charge in [-0.25, -0.2) is 0 Å². The van der Waals surface area contributed by atoms with Gasteiger partial charge in [-0.15, -0.1) is 0 Å². The largest absolute Gasteiger partial charge is 0.345 e. The molecule has 2 atom stereocenters. The van der Waals surface area contributed by atoms with E-state index in [4.69, 9.17) is 5.73 Å². The van der Waals surface area contributed by atoms with Crippen molar-refractivity contribution >= 4 is 17.5 Å². The molecule has 0 saturated heterocycles. The highest BCUT2D eigenvalue weighted by Crippen LogP contribution is 2.22. The molecule has 5 heteroatoms. The summed E-state index contributed by atoms with van der Waals surface area (Å²) in [6.07, 6.45) is 0. The van der Waals surface area contributed by atoms with Crippen molar-refractivity contribution in [2.75, 3.05) is 19.4 Å². The van der Waals surface area contributed by atoms with Crippen LogP contribution in [0.3, 0.4) is 0 Å². The number of hydrogen-bond donors (Lipinski definition) is 2. The van der Waals surface area contributed by atoms with E-state index < -0.39 is 12.0 Å². The molecule has 0 bridgehead atoms. The van der Waals surface area contributed by atoms with Crippen LogP contribution < -0.4 is 11.1 Å². The first kappa shape index (κ1) is 17.7. The van der Waals surface area contributed by atoms with Crippen molar-refractivity contribution in [3.8, 4) is 0 Å². The standard InChI is InChI=1S/C19H23N3O2/c1-13(17(20)14-9-5-4-6-10-14)18(23)21-16-12-8-7-11-15(16)19(24)22(2)3/h4-13,17H,20H2,1-3H3,(H,21,23). The van der Waals surface area contributed by atoms with Gasteiger partial charge in [0.15, 0.2) is 0 Å². The Bertz CT molecular complexity index is 714. The third-order valence-corrected chi connectivity index (χ3v) is 3.96. The zero-order valence-corrected chi connectivity index (χ0v) is 14.2. The maximum atomic E-state index is 12.6. The smallest absolute Gasteiger partial charge is 0.255 e. The molecule has 0 aliphatic rings. The summed E-state index contributed by atoms with van der Waals surface area (Å²) < 4.78 is 0. The normalized spacial score (nSPS) is 13.0. The molecule has 2 unspecified atom stereocenters. The van der Waals surface area contributed by atoms with Gasteiger partial charge in [-0.3, -0.25) is 9.59 Å². The monoisotopic (exact) mass is 325 g/mol. The summed E-state index contributed by atoms with van der Waals surface area (Å²) in [6, 6.07) is 16.0. The van der Waals surface area contributed by atoms with Crippen molar-refractivity contribution in [1.82, 2.24) is 4.90 Å². The van der Waals surface area contributed by atoms with E-state index in [0.29, 0.717) is 11.3 Å². The zero-order chi connectivity index (χ0) is 17.7. The second-order valence-electron chi connectivity index (χ2n) is 5.96. The summed E-state index contributed by atoms with van der Waals surface area (Å²) in [6.45, 7) is 1.78. The number of nitrogens with zero attached hydrogens (tertiary/aromatic N) is 1. The van der Waals surface area contributed by atoms with Crippen molar-refractivity contribution < 1.29 is 9.59 Å². The minimum absolute atomic E-state index is 0.161. The molecule has 2 aromatic rings. The van der Waals surface area contributed by atoms with Crippen LogP contribution in [0.2, 0.25) is 0 Å². The Labute approximate surface area is 142 Å². The number of carbonyl (C=O) groups is 2. The Morgan fingerprint density at radius 2 is 1.58 bits per heavy atom. The highest BCUT2D eigenvalue weighted by atomic mass is 16.2. The van der Waals surface area contributed by atoms with Gasteiger partial charge in [0.05, 0.1) is 17.2 Å². The number of nitrogens with one attached hydrogen (secondary N) is 1. The van der Waals surface area contributed by atoms with Gasteiger partial charge in [-0.05, 0) is 17.7 Å². The van der Waals surface area contributed by atoms with E-state index >= 15 is 0 Å². The van der Waals surface area contributed by atoms with E-state index in [2.05, 4.69) is 5.32 Å². The minimum atomic E-state index is -0.435. The summed E-state index contributed by atoms with van der Waals surface area (Å²) in [7, 11) is 3.35. The fraction of sp³-hybridized carbons (Fsp3) is 0.263. The molecule has 2 aromatic carbocycles. The second kappa shape index (κ2) is 7.75. The lowest BCUT2D eigenvalue weighted by Gasteiger charge is -2.21. The molecule has 0 radical (unpaired) electrons. The maximum Gasteiger partial charge on any atom is 0.255 e. The highest BCUT2D eigenvalue weighted by Gasteiger charge is 2.23. The van der Waals surface area contributed by atoms with Crippen molar-refractivity contribution in [2.45, 2.75) is 13.0 Å². The quantitative estimate of drug-likeness (QED) is 0.887. The average Bonchev–Trinajstić information content (AvgIpc) is 2.60. The predicted octanol–water partition coefficient (Wildman–Crippen LogP) is 2.66. The molecule has 0 aliphatic carbocycles. The van der Waals surface area contributed by atoms with Gasteiger partial charge in [0, 0.05) is 20.1 Å². The van der Waals surface area contributed by atoms with Gasteiger partial charge >= 0.3 is 0 Å². The van der Waals surface area contributed by atoms with Gasteiger partial charge in [0.1, 0.15) is 0 Å². The van der Waals surface area contributed by atoms with E-state index in [0.717, 1.165) is 5.56 Å². The van der Waals surface area contributed by atoms with Crippen molar-refractivity contribution in [2.24, 2.45) is 11.7 Å². The van der Waals surface area contributed by atoms with Crippen LogP contribution in [0.1, 0.15) is 28.9 Å². The summed E-state index contributed by atoms with van der Waals surface area (Å²) in [5, 5.41) is 2.83. The lowest BCUT2D eigenvalue weighted by molar-refractivity contribution is -0.120. The predicted molar refractivity (Wildman–Crippen MR) is 95.6 cm³/mol. The first-order valence-electron chi connectivity index (χ1n) is 7.84. The molecule has 2 rings (SSSR count). The molecule has 3 N–H and O–H groups in total. The van der Waals surface area contributed by atoms with Crippen LogP contribution >= 0.6 is 0 Å². The first-order chi connectivity index (χ1) is 11.4. The Kier molecular flexibility index (Phi) is 5.71. The van der Waals surface area contributed by atoms with E-state index in [1.807, 2.05) is 30.3 Å². The summed E-state index contributed by atoms with van der Waals surface area (Å²) in [5.41, 5.74) is 8.05. The number of anilines is 1. The van der Waals surface area contributed by atoms with E-state index in [1.165, 1.54) is 4.90 Å². The van der Waals surface area contributed by atoms with Gasteiger partial charge in [0.2, 0.25) is 5.91 Å². The summed E-state index contributed by atoms with van der Waals surface area (Å²) in [5.74, 6) is -0.814. The molecule has 0 aromatic heterocycles. The fourth-order valence-corrected chi connectivity index (χ4v) is 2.39. The topological polar surface area (TPSA) is 75.4 Å². The van der Waals surface area contributed by atoms with Crippen LogP contribution in [0, 0.1) is 5.92 Å². The fourth-order valence-electron chi connectivity index (χ4n) is 2.39. The average molecular weight is 325 g/mol. The Morgan fingerprint density at radius 1 is 1.00 bits per heavy atom. The summed E-state index contributed by atoms with van der Waals surface area (Å²) in [4.78, 5) is 26.3. The van der Waals surface area contributed by atoms with E-state index in [-0.39, 0.29) is 11.8 Å². The highest BCUT2D eigenvalue weighted by molar-refractivity contribution is 6.04. The van der Waals surface area contributed by atoms with Gasteiger partial charge < -0.3 is 16.0 Å². The number of nitrogens with two attached hydrogens (primary N) is 1. The van der Waals surface area contributed by atoms with Crippen LogP contribution in [0.15, 0.2) is 54.6 Å². The number of benzene rings is 2. The molecule has 24 heavy (non-hydrogen) atoms. The molecule has 0 heterocycles. The number of hydrogen-bond acceptors (Lipinski definition) is 3. The van der Waals surface area contributed by atoms with Crippen LogP contribution in [-0.2, 0) is 4.79 Å². The number of rotatable bonds is 5.